The molecule has 0 bridgehead atoms. The number of rotatable bonds is 2. The van der Waals surface area contributed by atoms with E-state index in [1.807, 2.05) is 26.2 Å². The van der Waals surface area contributed by atoms with Crippen LogP contribution in [-0.4, -0.2) is 16.4 Å². The maximum absolute atomic E-state index is 4.38. The van der Waals surface area contributed by atoms with Crippen LogP contribution in [0, 0.1) is 6.92 Å². The number of nitrogens with one attached hydrogen (secondary N) is 1. The standard InChI is InChI=1S/C10H12BrN3/c1-7-13-10(11)9-8(6-12-2)4-3-5-14(7)9/h3-5,12H,6H2,1-2H3. The van der Waals surface area contributed by atoms with Crippen LogP contribution in [0.2, 0.25) is 0 Å². The summed E-state index contributed by atoms with van der Waals surface area (Å²) in [6.45, 7) is 2.86. The Labute approximate surface area is 91.3 Å². The van der Waals surface area contributed by atoms with E-state index in [9.17, 15) is 0 Å². The normalized spacial score (nSPS) is 11.1. The second-order valence-corrected chi connectivity index (χ2v) is 3.98. The molecule has 0 saturated carbocycles. The van der Waals surface area contributed by atoms with Gasteiger partial charge < -0.3 is 9.72 Å². The lowest BCUT2D eigenvalue weighted by molar-refractivity contribution is 0.818. The molecule has 0 fully saturated rings. The SMILES string of the molecule is CNCc1cccn2c(C)nc(Br)c12. The van der Waals surface area contributed by atoms with Crippen LogP contribution in [0.15, 0.2) is 22.9 Å². The van der Waals surface area contributed by atoms with Crippen LogP contribution in [0.3, 0.4) is 0 Å². The summed E-state index contributed by atoms with van der Waals surface area (Å²) in [6.07, 6.45) is 2.03. The topological polar surface area (TPSA) is 29.3 Å². The summed E-state index contributed by atoms with van der Waals surface area (Å²) in [5, 5.41) is 3.15. The zero-order chi connectivity index (χ0) is 10.1. The summed E-state index contributed by atoms with van der Waals surface area (Å²) in [7, 11) is 1.95. The minimum atomic E-state index is 0.855. The van der Waals surface area contributed by atoms with Crippen molar-refractivity contribution in [3.63, 3.8) is 0 Å². The monoisotopic (exact) mass is 253 g/mol. The maximum Gasteiger partial charge on any atom is 0.132 e. The van der Waals surface area contributed by atoms with Crippen LogP contribution in [0.25, 0.3) is 5.52 Å². The fourth-order valence-electron chi connectivity index (χ4n) is 1.64. The molecule has 0 radical (unpaired) electrons. The summed E-state index contributed by atoms with van der Waals surface area (Å²) in [5.74, 6) is 1.00. The Kier molecular flexibility index (Phi) is 2.56. The minimum Gasteiger partial charge on any atom is -0.316 e. The van der Waals surface area contributed by atoms with Crippen LogP contribution in [-0.2, 0) is 6.54 Å². The molecule has 3 nitrogen and oxygen atoms in total. The Morgan fingerprint density at radius 3 is 3.07 bits per heavy atom. The molecule has 74 valence electrons. The van der Waals surface area contributed by atoms with Crippen molar-refractivity contribution in [3.05, 3.63) is 34.3 Å². The highest BCUT2D eigenvalue weighted by Gasteiger charge is 2.08. The quantitative estimate of drug-likeness (QED) is 0.889. The van der Waals surface area contributed by atoms with Crippen LogP contribution in [0.5, 0.6) is 0 Å². The van der Waals surface area contributed by atoms with Crippen molar-refractivity contribution < 1.29 is 0 Å². The molecule has 0 spiro atoms. The first-order chi connectivity index (χ1) is 6.74. The predicted octanol–water partition coefficient (Wildman–Crippen LogP) is 2.12. The number of imidazole rings is 1. The number of aryl methyl sites for hydroxylation is 1. The molecule has 1 N–H and O–H groups in total. The average molecular weight is 254 g/mol. The van der Waals surface area contributed by atoms with Gasteiger partial charge in [-0.2, -0.15) is 0 Å². The average Bonchev–Trinajstić information content (AvgIpc) is 2.44. The molecule has 0 amide bonds. The van der Waals surface area contributed by atoms with Crippen LogP contribution in [0.4, 0.5) is 0 Å². The van der Waals surface area contributed by atoms with Gasteiger partial charge in [0.25, 0.3) is 0 Å². The molecule has 2 rings (SSSR count). The highest BCUT2D eigenvalue weighted by Crippen LogP contribution is 2.22. The molecular weight excluding hydrogens is 242 g/mol. The lowest BCUT2D eigenvalue weighted by Gasteiger charge is -2.03. The van der Waals surface area contributed by atoms with Gasteiger partial charge in [-0.05, 0) is 41.5 Å². The second-order valence-electron chi connectivity index (χ2n) is 3.23. The first kappa shape index (κ1) is 9.68. The van der Waals surface area contributed by atoms with Gasteiger partial charge in [0, 0.05) is 12.7 Å². The van der Waals surface area contributed by atoms with Gasteiger partial charge in [0.05, 0.1) is 5.52 Å². The summed E-state index contributed by atoms with van der Waals surface area (Å²) in [6, 6.07) is 4.15. The number of pyridine rings is 1. The van der Waals surface area contributed by atoms with Gasteiger partial charge in [-0.15, -0.1) is 0 Å². The Bertz CT molecular complexity index is 462. The van der Waals surface area contributed by atoms with Gasteiger partial charge in [-0.1, -0.05) is 6.07 Å². The van der Waals surface area contributed by atoms with Crippen molar-refractivity contribution in [1.82, 2.24) is 14.7 Å². The number of halogens is 1. The molecule has 2 aromatic rings. The van der Waals surface area contributed by atoms with Gasteiger partial charge in [0.2, 0.25) is 0 Å². The van der Waals surface area contributed by atoms with E-state index in [0.29, 0.717) is 0 Å². The smallest absolute Gasteiger partial charge is 0.132 e. The van der Waals surface area contributed by atoms with Crippen molar-refractivity contribution >= 4 is 21.4 Å². The van der Waals surface area contributed by atoms with E-state index < -0.39 is 0 Å². The highest BCUT2D eigenvalue weighted by molar-refractivity contribution is 9.10. The first-order valence-electron chi connectivity index (χ1n) is 4.50. The zero-order valence-corrected chi connectivity index (χ0v) is 9.80. The lowest BCUT2D eigenvalue weighted by atomic mass is 10.2. The number of aromatic nitrogens is 2. The largest absolute Gasteiger partial charge is 0.316 e. The van der Waals surface area contributed by atoms with E-state index in [0.717, 1.165) is 22.5 Å². The van der Waals surface area contributed by atoms with Gasteiger partial charge in [-0.25, -0.2) is 4.98 Å². The van der Waals surface area contributed by atoms with E-state index in [4.69, 9.17) is 0 Å². The third-order valence-electron chi connectivity index (χ3n) is 2.25. The van der Waals surface area contributed by atoms with Crippen LogP contribution >= 0.6 is 15.9 Å². The third-order valence-corrected chi connectivity index (χ3v) is 2.80. The van der Waals surface area contributed by atoms with Crippen molar-refractivity contribution in [2.24, 2.45) is 0 Å². The number of fused-ring (bicyclic) bond motifs is 1. The van der Waals surface area contributed by atoms with Gasteiger partial charge in [0.1, 0.15) is 10.4 Å². The van der Waals surface area contributed by atoms with Crippen molar-refractivity contribution in [2.45, 2.75) is 13.5 Å². The molecule has 0 aliphatic heterocycles. The first-order valence-corrected chi connectivity index (χ1v) is 5.30. The van der Waals surface area contributed by atoms with E-state index in [2.05, 4.69) is 36.7 Å². The van der Waals surface area contributed by atoms with Crippen molar-refractivity contribution in [1.29, 1.82) is 0 Å². The number of hydrogen-bond acceptors (Lipinski definition) is 2. The molecule has 4 heteroatoms. The Morgan fingerprint density at radius 2 is 2.36 bits per heavy atom. The van der Waals surface area contributed by atoms with E-state index >= 15 is 0 Å². The Hall–Kier alpha value is -0.870. The number of nitrogens with zero attached hydrogens (tertiary/aromatic N) is 2. The predicted molar refractivity (Wildman–Crippen MR) is 60.4 cm³/mol. The lowest BCUT2D eigenvalue weighted by Crippen LogP contribution is -2.06. The summed E-state index contributed by atoms with van der Waals surface area (Å²) in [5.41, 5.74) is 2.40. The molecule has 0 atom stereocenters. The van der Waals surface area contributed by atoms with E-state index in [1.165, 1.54) is 5.56 Å². The fourth-order valence-corrected chi connectivity index (χ4v) is 2.34. The van der Waals surface area contributed by atoms with E-state index in [1.54, 1.807) is 0 Å². The van der Waals surface area contributed by atoms with Gasteiger partial charge in [0.15, 0.2) is 0 Å². The van der Waals surface area contributed by atoms with Crippen molar-refractivity contribution in [3.8, 4) is 0 Å². The van der Waals surface area contributed by atoms with Crippen molar-refractivity contribution in [2.75, 3.05) is 7.05 Å². The molecule has 2 heterocycles. The Morgan fingerprint density at radius 1 is 1.57 bits per heavy atom. The number of hydrogen-bond donors (Lipinski definition) is 1. The van der Waals surface area contributed by atoms with Crippen LogP contribution in [0.1, 0.15) is 11.4 Å². The fraction of sp³-hybridized carbons (Fsp3) is 0.300. The molecule has 0 aliphatic carbocycles. The molecule has 0 saturated heterocycles. The maximum atomic E-state index is 4.38. The summed E-state index contributed by atoms with van der Waals surface area (Å²) < 4.78 is 3.01. The van der Waals surface area contributed by atoms with Gasteiger partial charge >= 0.3 is 0 Å². The molecule has 0 unspecified atom stereocenters. The molecular formula is C10H12BrN3. The molecule has 0 aliphatic rings. The minimum absolute atomic E-state index is 0.855. The molecule has 14 heavy (non-hydrogen) atoms. The Balaban J connectivity index is 2.72. The second kappa shape index (κ2) is 3.71. The third kappa shape index (κ3) is 1.44. The van der Waals surface area contributed by atoms with Gasteiger partial charge in [-0.3, -0.25) is 0 Å². The van der Waals surface area contributed by atoms with Crippen LogP contribution < -0.4 is 5.32 Å². The van der Waals surface area contributed by atoms with E-state index in [-0.39, 0.29) is 0 Å². The summed E-state index contributed by atoms with van der Waals surface area (Å²) in [4.78, 5) is 4.38. The highest BCUT2D eigenvalue weighted by atomic mass is 79.9. The summed E-state index contributed by atoms with van der Waals surface area (Å²) >= 11 is 3.48. The molecule has 0 aromatic carbocycles. The molecule has 2 aromatic heterocycles. The zero-order valence-electron chi connectivity index (χ0n) is 8.21.